The normalized spacial score (nSPS) is 16.3. The van der Waals surface area contributed by atoms with E-state index in [4.69, 9.17) is 10.2 Å². The minimum absolute atomic E-state index is 0.126. The van der Waals surface area contributed by atoms with E-state index in [1.807, 2.05) is 18.2 Å². The van der Waals surface area contributed by atoms with Gasteiger partial charge in [0.25, 0.3) is 5.91 Å². The third kappa shape index (κ3) is 2.68. The van der Waals surface area contributed by atoms with Crippen LogP contribution in [0, 0.1) is 5.92 Å². The van der Waals surface area contributed by atoms with E-state index in [9.17, 15) is 9.59 Å². The maximum Gasteiger partial charge on any atom is 0.289 e. The zero-order valence-electron chi connectivity index (χ0n) is 11.3. The third-order valence-corrected chi connectivity index (χ3v) is 4.60. The van der Waals surface area contributed by atoms with Gasteiger partial charge in [-0.15, -0.1) is 0 Å². The summed E-state index contributed by atoms with van der Waals surface area (Å²) < 4.78 is 6.52. The Morgan fingerprint density at radius 3 is 2.62 bits per heavy atom. The summed E-state index contributed by atoms with van der Waals surface area (Å²) in [5.74, 6) is -0.218. The molecule has 1 saturated heterocycles. The molecule has 0 spiro atoms. The molecular formula is C15H15BrN2O3. The Morgan fingerprint density at radius 2 is 2.00 bits per heavy atom. The van der Waals surface area contributed by atoms with Crippen LogP contribution in [0.3, 0.4) is 0 Å². The highest BCUT2D eigenvalue weighted by Gasteiger charge is 2.28. The zero-order valence-corrected chi connectivity index (χ0v) is 12.9. The highest BCUT2D eigenvalue weighted by atomic mass is 79.9. The highest BCUT2D eigenvalue weighted by Crippen LogP contribution is 2.28. The molecule has 21 heavy (non-hydrogen) atoms. The van der Waals surface area contributed by atoms with E-state index >= 15 is 0 Å². The molecule has 1 fully saturated rings. The number of likely N-dealkylation sites (tertiary alicyclic amines) is 1. The number of primary amides is 1. The molecule has 2 N–H and O–H groups in total. The van der Waals surface area contributed by atoms with Crippen molar-refractivity contribution in [3.63, 3.8) is 0 Å². The predicted octanol–water partition coefficient (Wildman–Crippen LogP) is 2.53. The van der Waals surface area contributed by atoms with Crippen LogP contribution < -0.4 is 5.73 Å². The van der Waals surface area contributed by atoms with Gasteiger partial charge in [0.1, 0.15) is 5.58 Å². The van der Waals surface area contributed by atoms with Gasteiger partial charge in [-0.3, -0.25) is 9.59 Å². The molecule has 6 heteroatoms. The minimum Gasteiger partial charge on any atom is -0.451 e. The van der Waals surface area contributed by atoms with Crippen LogP contribution in [0.5, 0.6) is 0 Å². The maximum absolute atomic E-state index is 12.5. The first kappa shape index (κ1) is 14.1. The van der Waals surface area contributed by atoms with E-state index in [1.54, 1.807) is 11.0 Å². The first-order valence-electron chi connectivity index (χ1n) is 6.83. The molecule has 0 saturated carbocycles. The van der Waals surface area contributed by atoms with Gasteiger partial charge in [0, 0.05) is 28.9 Å². The number of carbonyl (C=O) groups is 2. The molecule has 5 nitrogen and oxygen atoms in total. The summed E-state index contributed by atoms with van der Waals surface area (Å²) in [6.45, 7) is 1.06. The van der Waals surface area contributed by atoms with Crippen LogP contribution in [-0.2, 0) is 4.79 Å². The summed E-state index contributed by atoms with van der Waals surface area (Å²) in [5, 5.41) is 0.882. The van der Waals surface area contributed by atoms with Crippen molar-refractivity contribution >= 4 is 38.7 Å². The minimum atomic E-state index is -0.283. The maximum atomic E-state index is 12.5. The highest BCUT2D eigenvalue weighted by molar-refractivity contribution is 9.10. The number of halogens is 1. The number of fused-ring (bicyclic) bond motifs is 1. The van der Waals surface area contributed by atoms with E-state index in [0.29, 0.717) is 37.3 Å². The summed E-state index contributed by atoms with van der Waals surface area (Å²) in [6.07, 6.45) is 1.23. The Kier molecular flexibility index (Phi) is 3.71. The van der Waals surface area contributed by atoms with E-state index in [1.165, 1.54) is 0 Å². The van der Waals surface area contributed by atoms with Gasteiger partial charge in [0.15, 0.2) is 5.76 Å². The lowest BCUT2D eigenvalue weighted by atomic mass is 9.96. The summed E-state index contributed by atoms with van der Waals surface area (Å²) in [4.78, 5) is 25.3. The molecule has 0 unspecified atom stereocenters. The Morgan fingerprint density at radius 1 is 1.29 bits per heavy atom. The molecule has 0 radical (unpaired) electrons. The first-order chi connectivity index (χ1) is 10.1. The number of benzene rings is 1. The molecule has 1 aliphatic heterocycles. The summed E-state index contributed by atoms with van der Waals surface area (Å²) in [7, 11) is 0. The van der Waals surface area contributed by atoms with Crippen molar-refractivity contribution < 1.29 is 14.0 Å². The quantitative estimate of drug-likeness (QED) is 0.903. The standard InChI is InChI=1S/C15H15BrN2O3/c16-11-2-1-3-12-10(11)8-13(21-12)15(20)18-6-4-9(5-7-18)14(17)19/h1-3,8-9H,4-7H2,(H2,17,19). The Balaban J connectivity index is 1.78. The van der Waals surface area contributed by atoms with Crippen LogP contribution >= 0.6 is 15.9 Å². The predicted molar refractivity (Wildman–Crippen MR) is 81.7 cm³/mol. The fourth-order valence-corrected chi connectivity index (χ4v) is 3.12. The SMILES string of the molecule is NC(=O)C1CCN(C(=O)c2cc3c(Br)cccc3o2)CC1. The molecule has 2 aromatic rings. The second-order valence-corrected chi connectivity index (χ2v) is 6.09. The lowest BCUT2D eigenvalue weighted by Crippen LogP contribution is -2.41. The monoisotopic (exact) mass is 350 g/mol. The van der Waals surface area contributed by atoms with Gasteiger partial charge < -0.3 is 15.1 Å². The van der Waals surface area contributed by atoms with Crippen molar-refractivity contribution in [3.05, 3.63) is 34.5 Å². The summed E-state index contributed by atoms with van der Waals surface area (Å²) >= 11 is 3.44. The number of nitrogens with two attached hydrogens (primary N) is 1. The smallest absolute Gasteiger partial charge is 0.289 e. The Bertz CT molecular complexity index is 702. The van der Waals surface area contributed by atoms with Gasteiger partial charge in [-0.1, -0.05) is 22.0 Å². The topological polar surface area (TPSA) is 76.5 Å². The summed E-state index contributed by atoms with van der Waals surface area (Å²) in [5.41, 5.74) is 5.98. The molecule has 1 aliphatic rings. The number of hydrogen-bond acceptors (Lipinski definition) is 3. The molecule has 0 bridgehead atoms. The van der Waals surface area contributed by atoms with E-state index in [0.717, 1.165) is 9.86 Å². The van der Waals surface area contributed by atoms with Crippen LogP contribution in [0.2, 0.25) is 0 Å². The van der Waals surface area contributed by atoms with Crippen LogP contribution in [-0.4, -0.2) is 29.8 Å². The average molecular weight is 351 g/mol. The average Bonchev–Trinajstić information content (AvgIpc) is 2.92. The van der Waals surface area contributed by atoms with Gasteiger partial charge in [0.05, 0.1) is 0 Å². The van der Waals surface area contributed by atoms with Crippen LogP contribution in [0.15, 0.2) is 33.2 Å². The first-order valence-corrected chi connectivity index (χ1v) is 7.62. The largest absolute Gasteiger partial charge is 0.451 e. The number of amides is 2. The molecule has 110 valence electrons. The fraction of sp³-hybridized carbons (Fsp3) is 0.333. The lowest BCUT2D eigenvalue weighted by molar-refractivity contribution is -0.123. The van der Waals surface area contributed by atoms with Crippen LogP contribution in [0.4, 0.5) is 0 Å². The van der Waals surface area contributed by atoms with Crippen LogP contribution in [0.25, 0.3) is 11.0 Å². The number of piperidine rings is 1. The van der Waals surface area contributed by atoms with E-state index in [2.05, 4.69) is 15.9 Å². The molecule has 1 aromatic carbocycles. The molecule has 2 amide bonds. The lowest BCUT2D eigenvalue weighted by Gasteiger charge is -2.29. The third-order valence-electron chi connectivity index (χ3n) is 3.90. The van der Waals surface area contributed by atoms with Crippen molar-refractivity contribution in [1.82, 2.24) is 4.90 Å². The van der Waals surface area contributed by atoms with E-state index < -0.39 is 0 Å². The van der Waals surface area contributed by atoms with E-state index in [-0.39, 0.29) is 17.7 Å². The van der Waals surface area contributed by atoms with Crippen molar-refractivity contribution in [2.45, 2.75) is 12.8 Å². The second kappa shape index (κ2) is 5.52. The fourth-order valence-electron chi connectivity index (χ4n) is 2.65. The number of rotatable bonds is 2. The molecular weight excluding hydrogens is 336 g/mol. The van der Waals surface area contributed by atoms with Gasteiger partial charge in [-0.05, 0) is 31.0 Å². The van der Waals surface area contributed by atoms with Crippen molar-refractivity contribution in [2.75, 3.05) is 13.1 Å². The molecule has 3 rings (SSSR count). The van der Waals surface area contributed by atoms with Gasteiger partial charge >= 0.3 is 0 Å². The zero-order chi connectivity index (χ0) is 15.0. The Hall–Kier alpha value is -1.82. The summed E-state index contributed by atoms with van der Waals surface area (Å²) in [6, 6.07) is 7.35. The molecule has 0 aliphatic carbocycles. The number of furan rings is 1. The van der Waals surface area contributed by atoms with Gasteiger partial charge in [-0.25, -0.2) is 0 Å². The van der Waals surface area contributed by atoms with Crippen LogP contribution in [0.1, 0.15) is 23.4 Å². The Labute approximate surface area is 130 Å². The number of carbonyl (C=O) groups excluding carboxylic acids is 2. The molecule has 0 atom stereocenters. The van der Waals surface area contributed by atoms with Crippen molar-refractivity contribution in [3.8, 4) is 0 Å². The van der Waals surface area contributed by atoms with Gasteiger partial charge in [0.2, 0.25) is 5.91 Å². The molecule has 2 heterocycles. The second-order valence-electron chi connectivity index (χ2n) is 5.23. The van der Waals surface area contributed by atoms with Crippen molar-refractivity contribution in [1.29, 1.82) is 0 Å². The number of nitrogens with zero attached hydrogens (tertiary/aromatic N) is 1. The van der Waals surface area contributed by atoms with Gasteiger partial charge in [-0.2, -0.15) is 0 Å². The molecule has 1 aromatic heterocycles. The van der Waals surface area contributed by atoms with Crippen molar-refractivity contribution in [2.24, 2.45) is 11.7 Å². The number of hydrogen-bond donors (Lipinski definition) is 1.